The van der Waals surface area contributed by atoms with E-state index in [0.717, 1.165) is 22.9 Å². The molecule has 5 heteroatoms. The largest absolute Gasteiger partial charge is 0.321 e. The summed E-state index contributed by atoms with van der Waals surface area (Å²) in [5.41, 5.74) is 8.11. The van der Waals surface area contributed by atoms with E-state index in [2.05, 4.69) is 15.4 Å². The molecule has 0 spiro atoms. The Hall–Kier alpha value is -1.75. The Morgan fingerprint density at radius 1 is 1.43 bits per heavy atom. The summed E-state index contributed by atoms with van der Waals surface area (Å²) in [4.78, 5) is 10.4. The van der Waals surface area contributed by atoms with Crippen LogP contribution in [-0.2, 0) is 11.2 Å². The lowest BCUT2D eigenvalue weighted by molar-refractivity contribution is -0.108. The van der Waals surface area contributed by atoms with Gasteiger partial charge in [0.05, 0.1) is 6.04 Å². The van der Waals surface area contributed by atoms with Crippen molar-refractivity contribution in [3.63, 3.8) is 0 Å². The molecule has 0 amide bonds. The molecule has 14 heavy (non-hydrogen) atoms. The van der Waals surface area contributed by atoms with Crippen LogP contribution in [0.15, 0.2) is 18.2 Å². The van der Waals surface area contributed by atoms with Gasteiger partial charge in [0, 0.05) is 0 Å². The highest BCUT2D eigenvalue weighted by Crippen LogP contribution is 2.11. The average molecular weight is 190 g/mol. The molecule has 2 rings (SSSR count). The Morgan fingerprint density at radius 3 is 3.00 bits per heavy atom. The van der Waals surface area contributed by atoms with E-state index < -0.39 is 6.04 Å². The van der Waals surface area contributed by atoms with Gasteiger partial charge in [-0.05, 0) is 24.1 Å². The van der Waals surface area contributed by atoms with Crippen LogP contribution in [0.25, 0.3) is 11.0 Å². The summed E-state index contributed by atoms with van der Waals surface area (Å²) in [7, 11) is 0. The van der Waals surface area contributed by atoms with Crippen molar-refractivity contribution in [2.45, 2.75) is 12.5 Å². The van der Waals surface area contributed by atoms with Gasteiger partial charge in [-0.2, -0.15) is 15.4 Å². The first kappa shape index (κ1) is 8.83. The Kier molecular flexibility index (Phi) is 2.24. The predicted octanol–water partition coefficient (Wildman–Crippen LogP) is 0.0266. The number of nitrogens with zero attached hydrogens (tertiary/aromatic N) is 2. The summed E-state index contributed by atoms with van der Waals surface area (Å²) in [6, 6.07) is 5.18. The lowest BCUT2D eigenvalue weighted by Gasteiger charge is -2.02. The van der Waals surface area contributed by atoms with Crippen molar-refractivity contribution in [1.82, 2.24) is 15.4 Å². The number of hydrogen-bond donors (Lipinski definition) is 2. The molecule has 1 aromatic carbocycles. The van der Waals surface area contributed by atoms with E-state index in [4.69, 9.17) is 5.73 Å². The number of hydrogen-bond acceptors (Lipinski definition) is 4. The van der Waals surface area contributed by atoms with E-state index in [1.54, 1.807) is 0 Å². The van der Waals surface area contributed by atoms with Crippen LogP contribution < -0.4 is 5.73 Å². The molecule has 0 aliphatic rings. The first-order valence-electron chi connectivity index (χ1n) is 4.30. The fourth-order valence-electron chi connectivity index (χ4n) is 1.33. The van der Waals surface area contributed by atoms with Crippen LogP contribution >= 0.6 is 0 Å². The Bertz CT molecular complexity index is 451. The third-order valence-electron chi connectivity index (χ3n) is 2.03. The number of aromatic amines is 1. The first-order chi connectivity index (χ1) is 6.79. The molecule has 72 valence electrons. The smallest absolute Gasteiger partial charge is 0.137 e. The van der Waals surface area contributed by atoms with Gasteiger partial charge in [-0.15, -0.1) is 0 Å². The highest BCUT2D eigenvalue weighted by molar-refractivity contribution is 5.74. The molecule has 3 N–H and O–H groups in total. The van der Waals surface area contributed by atoms with Gasteiger partial charge in [0.25, 0.3) is 0 Å². The standard InChI is InChI=1S/C9H10N4O/c10-7(5-14)3-6-1-2-8-9(4-6)12-13-11-8/h1-2,4-5,7H,3,10H2,(H,11,12,13). The number of carbonyl (C=O) groups excluding carboxylic acids is 1. The van der Waals surface area contributed by atoms with Gasteiger partial charge in [-0.1, -0.05) is 6.07 Å². The maximum atomic E-state index is 10.4. The van der Waals surface area contributed by atoms with E-state index in [0.29, 0.717) is 6.42 Å². The number of aromatic nitrogens is 3. The number of carbonyl (C=O) groups is 1. The van der Waals surface area contributed by atoms with Gasteiger partial charge in [-0.25, -0.2) is 0 Å². The van der Waals surface area contributed by atoms with Crippen molar-refractivity contribution >= 4 is 17.3 Å². The van der Waals surface area contributed by atoms with E-state index >= 15 is 0 Å². The van der Waals surface area contributed by atoms with Crippen LogP contribution in [0.4, 0.5) is 0 Å². The van der Waals surface area contributed by atoms with Crippen molar-refractivity contribution < 1.29 is 4.79 Å². The lowest BCUT2D eigenvalue weighted by Crippen LogP contribution is -2.23. The number of nitrogens with one attached hydrogen (secondary N) is 1. The molecule has 1 aromatic heterocycles. The topological polar surface area (TPSA) is 84.7 Å². The molecule has 1 unspecified atom stereocenters. The first-order valence-corrected chi connectivity index (χ1v) is 4.30. The Labute approximate surface area is 80.3 Å². The lowest BCUT2D eigenvalue weighted by atomic mass is 10.1. The molecule has 5 nitrogen and oxygen atoms in total. The Morgan fingerprint density at radius 2 is 2.21 bits per heavy atom. The van der Waals surface area contributed by atoms with Crippen molar-refractivity contribution in [2.75, 3.05) is 0 Å². The molecule has 0 saturated carbocycles. The van der Waals surface area contributed by atoms with Crippen LogP contribution in [0, 0.1) is 0 Å². The van der Waals surface area contributed by atoms with Crippen LogP contribution in [0.5, 0.6) is 0 Å². The quantitative estimate of drug-likeness (QED) is 0.668. The zero-order chi connectivity index (χ0) is 9.97. The summed E-state index contributed by atoms with van der Waals surface area (Å²) < 4.78 is 0. The SMILES string of the molecule is NC(C=O)Cc1ccc2n[nH]nc2c1. The molecule has 1 atom stereocenters. The van der Waals surface area contributed by atoms with Crippen molar-refractivity contribution in [2.24, 2.45) is 5.73 Å². The van der Waals surface area contributed by atoms with Gasteiger partial charge in [0.1, 0.15) is 17.3 Å². The summed E-state index contributed by atoms with van der Waals surface area (Å²) in [5.74, 6) is 0. The molecule has 0 bridgehead atoms. The third-order valence-corrected chi connectivity index (χ3v) is 2.03. The highest BCUT2D eigenvalue weighted by atomic mass is 16.1. The second-order valence-electron chi connectivity index (χ2n) is 3.15. The minimum atomic E-state index is -0.445. The van der Waals surface area contributed by atoms with Gasteiger partial charge < -0.3 is 10.5 Å². The number of nitrogens with two attached hydrogens (primary N) is 1. The molecule has 0 saturated heterocycles. The summed E-state index contributed by atoms with van der Waals surface area (Å²) >= 11 is 0. The minimum Gasteiger partial charge on any atom is -0.321 e. The molecule has 0 radical (unpaired) electrons. The Balaban J connectivity index is 2.29. The fourth-order valence-corrected chi connectivity index (χ4v) is 1.33. The highest BCUT2D eigenvalue weighted by Gasteiger charge is 2.04. The molecule has 1 heterocycles. The van der Waals surface area contributed by atoms with Gasteiger partial charge in [0.2, 0.25) is 0 Å². The zero-order valence-electron chi connectivity index (χ0n) is 7.47. The molecular weight excluding hydrogens is 180 g/mol. The number of benzene rings is 1. The number of aldehydes is 1. The van der Waals surface area contributed by atoms with E-state index in [-0.39, 0.29) is 0 Å². The van der Waals surface area contributed by atoms with E-state index in [1.165, 1.54) is 0 Å². The summed E-state index contributed by atoms with van der Waals surface area (Å²) in [6.45, 7) is 0. The number of fused-ring (bicyclic) bond motifs is 1. The number of rotatable bonds is 3. The van der Waals surface area contributed by atoms with Gasteiger partial charge >= 0.3 is 0 Å². The zero-order valence-corrected chi connectivity index (χ0v) is 7.47. The maximum absolute atomic E-state index is 10.4. The third kappa shape index (κ3) is 1.62. The van der Waals surface area contributed by atoms with Crippen LogP contribution in [0.3, 0.4) is 0 Å². The van der Waals surface area contributed by atoms with Crippen LogP contribution in [-0.4, -0.2) is 27.7 Å². The second kappa shape index (κ2) is 3.55. The summed E-state index contributed by atoms with van der Waals surface area (Å²) in [5, 5.41) is 10.4. The number of H-pyrrole nitrogens is 1. The molecule has 2 aromatic rings. The molecule has 0 aliphatic heterocycles. The fraction of sp³-hybridized carbons (Fsp3) is 0.222. The average Bonchev–Trinajstić information content (AvgIpc) is 2.64. The van der Waals surface area contributed by atoms with Crippen molar-refractivity contribution in [3.8, 4) is 0 Å². The van der Waals surface area contributed by atoms with Gasteiger partial charge in [-0.3, -0.25) is 0 Å². The van der Waals surface area contributed by atoms with Crippen LogP contribution in [0.1, 0.15) is 5.56 Å². The van der Waals surface area contributed by atoms with E-state index in [1.807, 2.05) is 18.2 Å². The van der Waals surface area contributed by atoms with E-state index in [9.17, 15) is 4.79 Å². The minimum absolute atomic E-state index is 0.445. The molecular formula is C9H10N4O. The van der Waals surface area contributed by atoms with Crippen molar-refractivity contribution in [1.29, 1.82) is 0 Å². The maximum Gasteiger partial charge on any atom is 0.137 e. The van der Waals surface area contributed by atoms with Gasteiger partial charge in [0.15, 0.2) is 0 Å². The summed E-state index contributed by atoms with van der Waals surface area (Å²) in [6.07, 6.45) is 1.28. The second-order valence-corrected chi connectivity index (χ2v) is 3.15. The van der Waals surface area contributed by atoms with Crippen LogP contribution in [0.2, 0.25) is 0 Å². The van der Waals surface area contributed by atoms with Crippen molar-refractivity contribution in [3.05, 3.63) is 23.8 Å². The molecule has 0 fully saturated rings. The normalized spacial score (nSPS) is 12.9. The monoisotopic (exact) mass is 190 g/mol. The molecule has 0 aliphatic carbocycles. The predicted molar refractivity (Wildman–Crippen MR) is 51.6 cm³/mol.